The third kappa shape index (κ3) is 2.72. The van der Waals surface area contributed by atoms with Gasteiger partial charge in [0.2, 0.25) is 5.88 Å². The van der Waals surface area contributed by atoms with Crippen LogP contribution in [0.4, 0.5) is 4.79 Å². The minimum absolute atomic E-state index is 0.0470. The molecule has 0 saturated carbocycles. The zero-order valence-electron chi connectivity index (χ0n) is 10.5. The number of aromatic nitrogens is 1. The normalized spacial score (nSPS) is 18.9. The molecule has 2 heterocycles. The maximum atomic E-state index is 11.0. The van der Waals surface area contributed by atoms with Crippen molar-refractivity contribution < 1.29 is 14.6 Å². The van der Waals surface area contributed by atoms with Crippen molar-refractivity contribution in [1.82, 2.24) is 9.88 Å². The Hall–Kier alpha value is -1.78. The van der Waals surface area contributed by atoms with Gasteiger partial charge in [0, 0.05) is 18.3 Å². The van der Waals surface area contributed by atoms with Gasteiger partial charge in [0.05, 0.1) is 6.04 Å². The first kappa shape index (κ1) is 12.7. The van der Waals surface area contributed by atoms with Gasteiger partial charge in [0.1, 0.15) is 6.61 Å². The number of pyridine rings is 1. The number of carboxylic acid groups (broad SMARTS) is 1. The van der Waals surface area contributed by atoms with E-state index in [9.17, 15) is 4.79 Å². The third-order valence-corrected chi connectivity index (χ3v) is 3.27. The molecular weight excluding hydrogens is 232 g/mol. The molecule has 5 nitrogen and oxygen atoms in total. The van der Waals surface area contributed by atoms with E-state index in [1.807, 2.05) is 19.1 Å². The minimum atomic E-state index is -0.863. The van der Waals surface area contributed by atoms with E-state index in [0.717, 1.165) is 24.8 Å². The van der Waals surface area contributed by atoms with Gasteiger partial charge in [-0.05, 0) is 25.3 Å². The van der Waals surface area contributed by atoms with Crippen molar-refractivity contribution in [3.8, 4) is 5.88 Å². The van der Waals surface area contributed by atoms with Crippen molar-refractivity contribution in [1.29, 1.82) is 0 Å². The number of hydrogen-bond donors (Lipinski definition) is 1. The van der Waals surface area contributed by atoms with Gasteiger partial charge < -0.3 is 14.7 Å². The fraction of sp³-hybridized carbons (Fsp3) is 0.538. The third-order valence-electron chi connectivity index (χ3n) is 3.27. The summed E-state index contributed by atoms with van der Waals surface area (Å²) in [6.45, 7) is 3.03. The Morgan fingerprint density at radius 2 is 2.50 bits per heavy atom. The first-order valence-corrected chi connectivity index (χ1v) is 6.28. The second-order valence-corrected chi connectivity index (χ2v) is 4.40. The van der Waals surface area contributed by atoms with Crippen molar-refractivity contribution >= 4 is 6.09 Å². The second kappa shape index (κ2) is 5.71. The Labute approximate surface area is 106 Å². The molecule has 1 aliphatic rings. The molecule has 1 atom stereocenters. The molecule has 0 unspecified atom stereocenters. The van der Waals surface area contributed by atoms with E-state index in [-0.39, 0.29) is 6.04 Å². The summed E-state index contributed by atoms with van der Waals surface area (Å²) >= 11 is 0. The van der Waals surface area contributed by atoms with Crippen LogP contribution in [0, 0.1) is 0 Å². The number of ether oxygens (including phenoxy) is 1. The van der Waals surface area contributed by atoms with Crippen LogP contribution in [-0.2, 0) is 6.42 Å². The summed E-state index contributed by atoms with van der Waals surface area (Å²) in [5.74, 6) is 0.622. The maximum Gasteiger partial charge on any atom is 0.407 e. The lowest BCUT2D eigenvalue weighted by atomic mass is 10.2. The molecule has 1 saturated heterocycles. The number of aryl methyl sites for hydroxylation is 1. The van der Waals surface area contributed by atoms with Gasteiger partial charge in [-0.1, -0.05) is 13.0 Å². The molecule has 1 aliphatic heterocycles. The lowest BCUT2D eigenvalue weighted by Crippen LogP contribution is -2.38. The topological polar surface area (TPSA) is 62.7 Å². The molecule has 0 spiro atoms. The Balaban J connectivity index is 1.97. The van der Waals surface area contributed by atoms with Crippen LogP contribution in [0.2, 0.25) is 0 Å². The molecule has 98 valence electrons. The minimum Gasteiger partial charge on any atom is -0.475 e. The van der Waals surface area contributed by atoms with Crippen molar-refractivity contribution in [3.05, 3.63) is 23.9 Å². The predicted molar refractivity (Wildman–Crippen MR) is 66.9 cm³/mol. The van der Waals surface area contributed by atoms with E-state index in [1.165, 1.54) is 4.90 Å². The number of carbonyl (C=O) groups is 1. The number of hydrogen-bond acceptors (Lipinski definition) is 3. The highest BCUT2D eigenvalue weighted by molar-refractivity contribution is 5.65. The molecule has 18 heavy (non-hydrogen) atoms. The molecule has 0 radical (unpaired) electrons. The largest absolute Gasteiger partial charge is 0.475 e. The van der Waals surface area contributed by atoms with Crippen LogP contribution >= 0.6 is 0 Å². The van der Waals surface area contributed by atoms with Crippen molar-refractivity contribution in [2.24, 2.45) is 0 Å². The number of nitrogens with zero attached hydrogens (tertiary/aromatic N) is 2. The number of likely N-dealkylation sites (tertiary alicyclic amines) is 1. The maximum absolute atomic E-state index is 11.0. The van der Waals surface area contributed by atoms with Gasteiger partial charge >= 0.3 is 6.09 Å². The molecule has 0 aliphatic carbocycles. The monoisotopic (exact) mass is 250 g/mol. The molecule has 1 amide bonds. The summed E-state index contributed by atoms with van der Waals surface area (Å²) < 4.78 is 5.68. The quantitative estimate of drug-likeness (QED) is 0.889. The zero-order valence-corrected chi connectivity index (χ0v) is 10.5. The lowest BCUT2D eigenvalue weighted by Gasteiger charge is -2.21. The Morgan fingerprint density at radius 3 is 3.22 bits per heavy atom. The standard InChI is InChI=1S/C13H18N2O3/c1-2-10-5-3-7-14-12(10)18-9-11-6-4-8-15(11)13(16)17/h3,5,7,11H,2,4,6,8-9H2,1H3,(H,16,17)/t11-/m1/s1. The van der Waals surface area contributed by atoms with E-state index < -0.39 is 6.09 Å². The van der Waals surface area contributed by atoms with Crippen molar-refractivity contribution in [3.63, 3.8) is 0 Å². The molecule has 1 aromatic rings. The first-order valence-electron chi connectivity index (χ1n) is 6.28. The SMILES string of the molecule is CCc1cccnc1OC[C@H]1CCCN1C(=O)O. The van der Waals surface area contributed by atoms with Crippen LogP contribution in [0.1, 0.15) is 25.3 Å². The Morgan fingerprint density at radius 1 is 1.67 bits per heavy atom. The van der Waals surface area contributed by atoms with Crippen molar-refractivity contribution in [2.45, 2.75) is 32.2 Å². The fourth-order valence-electron chi connectivity index (χ4n) is 2.26. The van der Waals surface area contributed by atoms with Gasteiger partial charge in [-0.3, -0.25) is 0 Å². The molecule has 0 aromatic carbocycles. The molecule has 1 aromatic heterocycles. The van der Waals surface area contributed by atoms with Crippen LogP contribution < -0.4 is 4.74 Å². The van der Waals surface area contributed by atoms with Crippen LogP contribution in [0.5, 0.6) is 5.88 Å². The summed E-state index contributed by atoms with van der Waals surface area (Å²) in [7, 11) is 0. The van der Waals surface area contributed by atoms with Crippen molar-refractivity contribution in [2.75, 3.05) is 13.2 Å². The summed E-state index contributed by atoms with van der Waals surface area (Å²) in [4.78, 5) is 16.6. The predicted octanol–water partition coefficient (Wildman–Crippen LogP) is 2.17. The van der Waals surface area contributed by atoms with Crippen LogP contribution in [0.25, 0.3) is 0 Å². The highest BCUT2D eigenvalue weighted by atomic mass is 16.5. The average Bonchev–Trinajstić information content (AvgIpc) is 2.85. The highest BCUT2D eigenvalue weighted by Gasteiger charge is 2.29. The Bertz CT molecular complexity index is 422. The molecular formula is C13H18N2O3. The summed E-state index contributed by atoms with van der Waals surface area (Å²) in [5, 5.41) is 9.04. The summed E-state index contributed by atoms with van der Waals surface area (Å²) in [5.41, 5.74) is 1.05. The highest BCUT2D eigenvalue weighted by Crippen LogP contribution is 2.20. The molecule has 1 N–H and O–H groups in total. The van der Waals surface area contributed by atoms with Gasteiger partial charge in [0.25, 0.3) is 0 Å². The Kier molecular flexibility index (Phi) is 4.02. The van der Waals surface area contributed by atoms with Gasteiger partial charge in [-0.15, -0.1) is 0 Å². The van der Waals surface area contributed by atoms with Gasteiger partial charge in [-0.25, -0.2) is 9.78 Å². The number of rotatable bonds is 4. The summed E-state index contributed by atoms with van der Waals surface area (Å²) in [6, 6.07) is 3.81. The summed E-state index contributed by atoms with van der Waals surface area (Å²) in [6.07, 6.45) is 3.45. The molecule has 5 heteroatoms. The van der Waals surface area contributed by atoms with Crippen LogP contribution in [0.3, 0.4) is 0 Å². The molecule has 2 rings (SSSR count). The molecule has 1 fully saturated rings. The van der Waals surface area contributed by atoms with Gasteiger partial charge in [-0.2, -0.15) is 0 Å². The van der Waals surface area contributed by atoms with E-state index in [4.69, 9.17) is 9.84 Å². The second-order valence-electron chi connectivity index (χ2n) is 4.40. The fourth-order valence-corrected chi connectivity index (χ4v) is 2.26. The van der Waals surface area contributed by atoms with Crippen LogP contribution in [-0.4, -0.2) is 40.3 Å². The van der Waals surface area contributed by atoms with Gasteiger partial charge in [0.15, 0.2) is 0 Å². The smallest absolute Gasteiger partial charge is 0.407 e. The van der Waals surface area contributed by atoms with E-state index in [2.05, 4.69) is 4.98 Å². The number of amides is 1. The van der Waals surface area contributed by atoms with E-state index in [1.54, 1.807) is 6.20 Å². The first-order chi connectivity index (χ1) is 8.72. The molecule has 0 bridgehead atoms. The lowest BCUT2D eigenvalue weighted by molar-refractivity contribution is 0.122. The van der Waals surface area contributed by atoms with E-state index in [0.29, 0.717) is 19.0 Å². The van der Waals surface area contributed by atoms with E-state index >= 15 is 0 Å². The average molecular weight is 250 g/mol. The van der Waals surface area contributed by atoms with Crippen LogP contribution in [0.15, 0.2) is 18.3 Å². The zero-order chi connectivity index (χ0) is 13.0.